The Balaban J connectivity index is 2.23. The molecule has 0 unspecified atom stereocenters. The van der Waals surface area contributed by atoms with E-state index >= 15 is 0 Å². The minimum Gasteiger partial charge on any atom is -0.313 e. The van der Waals surface area contributed by atoms with Crippen LogP contribution in [0.2, 0.25) is 5.02 Å². The topological polar surface area (TPSA) is 29.9 Å². The third kappa shape index (κ3) is 2.92. The molecular weight excluding hydrogens is 246 g/mol. The highest BCUT2D eigenvalue weighted by Gasteiger charge is 2.06. The summed E-state index contributed by atoms with van der Waals surface area (Å²) in [6.07, 6.45) is 2.93. The summed E-state index contributed by atoms with van der Waals surface area (Å²) in [6, 6.07) is 8.12. The molecule has 1 aromatic carbocycles. The van der Waals surface area contributed by atoms with Gasteiger partial charge in [-0.3, -0.25) is 4.68 Å². The zero-order chi connectivity index (χ0) is 13.0. The summed E-state index contributed by atoms with van der Waals surface area (Å²) >= 11 is 6.21. The Labute approximate surface area is 113 Å². The maximum atomic E-state index is 6.21. The number of rotatable bonds is 5. The zero-order valence-corrected chi connectivity index (χ0v) is 11.5. The normalized spacial score (nSPS) is 10.8. The number of aryl methyl sites for hydroxylation is 1. The highest BCUT2D eigenvalue weighted by atomic mass is 35.5. The van der Waals surface area contributed by atoms with Crippen molar-refractivity contribution in [1.29, 1.82) is 0 Å². The molecule has 0 amide bonds. The molecule has 0 atom stereocenters. The van der Waals surface area contributed by atoms with Crippen LogP contribution < -0.4 is 5.32 Å². The lowest BCUT2D eigenvalue weighted by atomic mass is 10.1. The van der Waals surface area contributed by atoms with Gasteiger partial charge in [-0.05, 0) is 36.7 Å². The summed E-state index contributed by atoms with van der Waals surface area (Å²) in [5, 5.41) is 8.37. The molecule has 1 aromatic heterocycles. The Bertz CT molecular complexity index is 520. The van der Waals surface area contributed by atoms with Crippen LogP contribution in [0.25, 0.3) is 11.3 Å². The minimum atomic E-state index is 0.804. The Morgan fingerprint density at radius 3 is 2.83 bits per heavy atom. The van der Waals surface area contributed by atoms with Crippen LogP contribution in [0.3, 0.4) is 0 Å². The van der Waals surface area contributed by atoms with Crippen molar-refractivity contribution in [2.75, 3.05) is 6.54 Å². The van der Waals surface area contributed by atoms with Gasteiger partial charge in [-0.25, -0.2) is 0 Å². The molecule has 0 bridgehead atoms. The second-order valence-electron chi connectivity index (χ2n) is 4.32. The van der Waals surface area contributed by atoms with Gasteiger partial charge < -0.3 is 5.32 Å². The highest BCUT2D eigenvalue weighted by Crippen LogP contribution is 2.24. The third-order valence-corrected chi connectivity index (χ3v) is 3.27. The fourth-order valence-electron chi connectivity index (χ4n) is 1.93. The molecule has 0 radical (unpaired) electrons. The highest BCUT2D eigenvalue weighted by molar-refractivity contribution is 6.31. The SMILES string of the molecule is CCCNCc1cc(-c2ccnn2C)ccc1Cl. The van der Waals surface area contributed by atoms with Crippen LogP contribution in [-0.2, 0) is 13.6 Å². The van der Waals surface area contributed by atoms with Crippen molar-refractivity contribution in [2.24, 2.45) is 7.05 Å². The molecule has 4 heteroatoms. The van der Waals surface area contributed by atoms with E-state index in [0.717, 1.165) is 41.4 Å². The standard InChI is InChI=1S/C14H18ClN3/c1-3-7-16-10-12-9-11(4-5-13(12)15)14-6-8-17-18(14)2/h4-6,8-9,16H,3,7,10H2,1-2H3. The summed E-state index contributed by atoms with van der Waals surface area (Å²) in [4.78, 5) is 0. The van der Waals surface area contributed by atoms with Crippen LogP contribution in [0.4, 0.5) is 0 Å². The fraction of sp³-hybridized carbons (Fsp3) is 0.357. The van der Waals surface area contributed by atoms with E-state index in [1.165, 1.54) is 0 Å². The molecule has 2 aromatic rings. The molecule has 1 N–H and O–H groups in total. The van der Waals surface area contributed by atoms with E-state index in [0.29, 0.717) is 0 Å². The van der Waals surface area contributed by atoms with E-state index in [4.69, 9.17) is 11.6 Å². The quantitative estimate of drug-likeness (QED) is 0.840. The van der Waals surface area contributed by atoms with Gasteiger partial charge in [-0.1, -0.05) is 24.6 Å². The van der Waals surface area contributed by atoms with E-state index < -0.39 is 0 Å². The number of nitrogens with zero attached hydrogens (tertiary/aromatic N) is 2. The summed E-state index contributed by atoms with van der Waals surface area (Å²) < 4.78 is 1.87. The molecule has 0 saturated heterocycles. The Morgan fingerprint density at radius 1 is 1.33 bits per heavy atom. The van der Waals surface area contributed by atoms with Gasteiger partial charge >= 0.3 is 0 Å². The summed E-state index contributed by atoms with van der Waals surface area (Å²) in [7, 11) is 1.94. The van der Waals surface area contributed by atoms with Crippen molar-refractivity contribution in [3.05, 3.63) is 41.0 Å². The molecule has 2 rings (SSSR count). The van der Waals surface area contributed by atoms with Gasteiger partial charge in [0.25, 0.3) is 0 Å². The number of hydrogen-bond acceptors (Lipinski definition) is 2. The van der Waals surface area contributed by atoms with Crippen molar-refractivity contribution in [2.45, 2.75) is 19.9 Å². The van der Waals surface area contributed by atoms with E-state index in [-0.39, 0.29) is 0 Å². The number of hydrogen-bond donors (Lipinski definition) is 1. The van der Waals surface area contributed by atoms with Gasteiger partial charge in [0.2, 0.25) is 0 Å². The number of aromatic nitrogens is 2. The van der Waals surface area contributed by atoms with Gasteiger partial charge in [-0.2, -0.15) is 5.10 Å². The first-order valence-electron chi connectivity index (χ1n) is 6.20. The molecule has 0 aliphatic heterocycles. The molecule has 0 aliphatic carbocycles. The molecular formula is C14H18ClN3. The van der Waals surface area contributed by atoms with Crippen LogP contribution in [0, 0.1) is 0 Å². The Kier molecular flexibility index (Phi) is 4.39. The largest absolute Gasteiger partial charge is 0.313 e. The summed E-state index contributed by atoms with van der Waals surface area (Å²) in [5.41, 5.74) is 3.37. The van der Waals surface area contributed by atoms with Crippen LogP contribution in [0.15, 0.2) is 30.5 Å². The van der Waals surface area contributed by atoms with Crippen molar-refractivity contribution in [3.8, 4) is 11.3 Å². The smallest absolute Gasteiger partial charge is 0.0679 e. The number of nitrogens with one attached hydrogen (secondary N) is 1. The first-order chi connectivity index (χ1) is 8.72. The summed E-state index contributed by atoms with van der Waals surface area (Å²) in [6.45, 7) is 3.96. The molecule has 3 nitrogen and oxygen atoms in total. The first-order valence-corrected chi connectivity index (χ1v) is 6.57. The molecule has 1 heterocycles. The number of halogens is 1. The zero-order valence-electron chi connectivity index (χ0n) is 10.8. The fourth-order valence-corrected chi connectivity index (χ4v) is 2.11. The molecule has 0 spiro atoms. The van der Waals surface area contributed by atoms with Crippen molar-refractivity contribution in [1.82, 2.24) is 15.1 Å². The molecule has 0 aliphatic rings. The van der Waals surface area contributed by atoms with Crippen LogP contribution >= 0.6 is 11.6 Å². The van der Waals surface area contributed by atoms with Gasteiger partial charge in [0, 0.05) is 30.4 Å². The monoisotopic (exact) mass is 263 g/mol. The van der Waals surface area contributed by atoms with Crippen molar-refractivity contribution >= 4 is 11.6 Å². The minimum absolute atomic E-state index is 0.804. The molecule has 18 heavy (non-hydrogen) atoms. The van der Waals surface area contributed by atoms with Crippen molar-refractivity contribution in [3.63, 3.8) is 0 Å². The van der Waals surface area contributed by atoms with Crippen LogP contribution in [0.1, 0.15) is 18.9 Å². The average molecular weight is 264 g/mol. The van der Waals surface area contributed by atoms with Crippen LogP contribution in [-0.4, -0.2) is 16.3 Å². The first kappa shape index (κ1) is 13.1. The van der Waals surface area contributed by atoms with E-state index in [1.54, 1.807) is 6.20 Å². The lowest BCUT2D eigenvalue weighted by molar-refractivity contribution is 0.675. The van der Waals surface area contributed by atoms with Gasteiger partial charge in [0.1, 0.15) is 0 Å². The predicted molar refractivity (Wildman–Crippen MR) is 75.7 cm³/mol. The maximum Gasteiger partial charge on any atom is 0.0679 e. The second-order valence-corrected chi connectivity index (χ2v) is 4.73. The van der Waals surface area contributed by atoms with Gasteiger partial charge in [-0.15, -0.1) is 0 Å². The molecule has 0 fully saturated rings. The Hall–Kier alpha value is -1.32. The lowest BCUT2D eigenvalue weighted by Gasteiger charge is -2.09. The maximum absolute atomic E-state index is 6.21. The Morgan fingerprint density at radius 2 is 2.17 bits per heavy atom. The lowest BCUT2D eigenvalue weighted by Crippen LogP contribution is -2.14. The average Bonchev–Trinajstić information content (AvgIpc) is 2.78. The van der Waals surface area contributed by atoms with Crippen molar-refractivity contribution < 1.29 is 0 Å². The third-order valence-electron chi connectivity index (χ3n) is 2.90. The van der Waals surface area contributed by atoms with Gasteiger partial charge in [0.15, 0.2) is 0 Å². The predicted octanol–water partition coefficient (Wildman–Crippen LogP) is 3.24. The van der Waals surface area contributed by atoms with Gasteiger partial charge in [0.05, 0.1) is 5.69 Å². The van der Waals surface area contributed by atoms with Crippen LogP contribution in [0.5, 0.6) is 0 Å². The molecule has 96 valence electrons. The van der Waals surface area contributed by atoms with E-state index in [9.17, 15) is 0 Å². The van der Waals surface area contributed by atoms with E-state index in [2.05, 4.69) is 23.4 Å². The summed E-state index contributed by atoms with van der Waals surface area (Å²) in [5.74, 6) is 0. The van der Waals surface area contributed by atoms with E-state index in [1.807, 2.05) is 29.9 Å². The number of benzene rings is 1. The molecule has 0 saturated carbocycles. The second kappa shape index (κ2) is 6.03.